The molecule has 6 heteroatoms. The van der Waals surface area contributed by atoms with Gasteiger partial charge in [-0.1, -0.05) is 12.1 Å². The van der Waals surface area contributed by atoms with Crippen LogP contribution in [0.4, 0.5) is 0 Å². The third kappa shape index (κ3) is 2.44. The first-order valence-corrected chi connectivity index (χ1v) is 8.01. The van der Waals surface area contributed by atoms with Crippen LogP contribution in [-0.4, -0.2) is 32.8 Å². The minimum Gasteiger partial charge on any atom is -0.469 e. The first-order valence-electron chi connectivity index (χ1n) is 8.01. The molecule has 0 aliphatic heterocycles. The molecule has 0 N–H and O–H groups in total. The van der Waals surface area contributed by atoms with E-state index in [1.165, 1.54) is 7.11 Å². The molecule has 122 valence electrons. The number of rotatable bonds is 3. The first kappa shape index (κ1) is 14.8. The monoisotopic (exact) mass is 322 g/mol. The second kappa shape index (κ2) is 5.70. The van der Waals surface area contributed by atoms with Crippen LogP contribution in [-0.2, 0) is 9.53 Å². The van der Waals surface area contributed by atoms with E-state index < -0.39 is 0 Å². The number of carbonyl (C=O) groups excluding carboxylic acids is 1. The number of esters is 1. The van der Waals surface area contributed by atoms with Crippen LogP contribution in [0.15, 0.2) is 36.7 Å². The van der Waals surface area contributed by atoms with Gasteiger partial charge in [-0.3, -0.25) is 14.5 Å². The number of ether oxygens (including phenoxy) is 1. The second-order valence-corrected chi connectivity index (χ2v) is 6.20. The lowest BCUT2D eigenvalue weighted by atomic mass is 9.80. The van der Waals surface area contributed by atoms with Crippen LogP contribution in [0.3, 0.4) is 0 Å². The largest absolute Gasteiger partial charge is 0.469 e. The van der Waals surface area contributed by atoms with Crippen molar-refractivity contribution in [1.82, 2.24) is 19.7 Å². The highest BCUT2D eigenvalue weighted by Gasteiger charge is 2.37. The molecule has 0 spiro atoms. The third-order valence-corrected chi connectivity index (χ3v) is 4.66. The first-order chi connectivity index (χ1) is 11.7. The molecular formula is C18H18N4O2. The van der Waals surface area contributed by atoms with Gasteiger partial charge in [0.05, 0.1) is 47.7 Å². The molecule has 3 aromatic rings. The summed E-state index contributed by atoms with van der Waals surface area (Å²) in [4.78, 5) is 20.7. The lowest BCUT2D eigenvalue weighted by Crippen LogP contribution is -2.33. The van der Waals surface area contributed by atoms with Crippen LogP contribution < -0.4 is 0 Å². The molecule has 0 saturated heterocycles. The van der Waals surface area contributed by atoms with E-state index in [1.54, 1.807) is 6.20 Å². The molecule has 6 nitrogen and oxygen atoms in total. The van der Waals surface area contributed by atoms with Gasteiger partial charge in [-0.25, -0.2) is 4.98 Å². The molecule has 1 aliphatic carbocycles. The number of carbonyl (C=O) groups is 1. The Morgan fingerprint density at radius 3 is 2.75 bits per heavy atom. The number of fused-ring (bicyclic) bond motifs is 1. The highest BCUT2D eigenvalue weighted by molar-refractivity contribution is 5.77. The van der Waals surface area contributed by atoms with Crippen molar-refractivity contribution in [1.29, 1.82) is 0 Å². The maximum Gasteiger partial charge on any atom is 0.308 e. The van der Waals surface area contributed by atoms with Crippen LogP contribution in [0.2, 0.25) is 0 Å². The Morgan fingerprint density at radius 2 is 2.00 bits per heavy atom. The lowest BCUT2D eigenvalue weighted by Gasteiger charge is -2.33. The molecule has 1 aromatic carbocycles. The van der Waals surface area contributed by atoms with Gasteiger partial charge in [0.15, 0.2) is 0 Å². The molecule has 1 aliphatic rings. The summed E-state index contributed by atoms with van der Waals surface area (Å²) in [6.07, 6.45) is 5.34. The van der Waals surface area contributed by atoms with Crippen molar-refractivity contribution in [2.24, 2.45) is 5.92 Å². The predicted octanol–water partition coefficient (Wildman–Crippen LogP) is 2.93. The van der Waals surface area contributed by atoms with Gasteiger partial charge in [0.2, 0.25) is 0 Å². The average Bonchev–Trinajstić information content (AvgIpc) is 2.94. The summed E-state index contributed by atoms with van der Waals surface area (Å²) < 4.78 is 6.74. The van der Waals surface area contributed by atoms with E-state index >= 15 is 0 Å². The fourth-order valence-electron chi connectivity index (χ4n) is 3.17. The van der Waals surface area contributed by atoms with Crippen LogP contribution in [0.25, 0.3) is 22.3 Å². The van der Waals surface area contributed by atoms with Gasteiger partial charge in [0.1, 0.15) is 0 Å². The standard InChI is InChI=1S/C18H18N4O2/c1-11-14(17-9-19-15-5-3-4-6-16(15)20-17)10-22(21-11)13-7-12(8-13)18(23)24-2/h3-6,9-10,12-13H,7-8H2,1-2H3. The minimum absolute atomic E-state index is 0.00610. The number of aromatic nitrogens is 4. The molecule has 0 amide bonds. The van der Waals surface area contributed by atoms with Crippen molar-refractivity contribution in [2.75, 3.05) is 7.11 Å². The quantitative estimate of drug-likeness (QED) is 0.693. The highest BCUT2D eigenvalue weighted by Crippen LogP contribution is 2.39. The SMILES string of the molecule is COC(=O)C1CC(n2cc(-c3cnc4ccccc4n3)c(C)n2)C1. The lowest BCUT2D eigenvalue weighted by molar-refractivity contribution is -0.149. The van der Waals surface area contributed by atoms with E-state index in [0.717, 1.165) is 40.8 Å². The average molecular weight is 322 g/mol. The molecule has 2 heterocycles. The van der Waals surface area contributed by atoms with Crippen molar-refractivity contribution in [2.45, 2.75) is 25.8 Å². The summed E-state index contributed by atoms with van der Waals surface area (Å²) in [5.74, 6) is -0.135. The fourth-order valence-corrected chi connectivity index (χ4v) is 3.17. The molecule has 0 radical (unpaired) electrons. The van der Waals surface area contributed by atoms with E-state index in [9.17, 15) is 4.79 Å². The second-order valence-electron chi connectivity index (χ2n) is 6.20. The summed E-state index contributed by atoms with van der Waals surface area (Å²) >= 11 is 0. The van der Waals surface area contributed by atoms with Gasteiger partial charge in [-0.2, -0.15) is 5.10 Å². The van der Waals surface area contributed by atoms with Gasteiger partial charge in [0.25, 0.3) is 0 Å². The van der Waals surface area contributed by atoms with Crippen molar-refractivity contribution in [3.63, 3.8) is 0 Å². The molecule has 1 fully saturated rings. The maximum atomic E-state index is 11.5. The number of nitrogens with zero attached hydrogens (tertiary/aromatic N) is 4. The fraction of sp³-hybridized carbons (Fsp3) is 0.333. The Hall–Kier alpha value is -2.76. The van der Waals surface area contributed by atoms with Gasteiger partial charge in [0, 0.05) is 11.8 Å². The van der Waals surface area contributed by atoms with Gasteiger partial charge in [-0.05, 0) is 31.9 Å². The minimum atomic E-state index is -0.129. The summed E-state index contributed by atoms with van der Waals surface area (Å²) in [5.41, 5.74) is 4.47. The van der Waals surface area contributed by atoms with E-state index in [-0.39, 0.29) is 17.9 Å². The number of benzene rings is 1. The summed E-state index contributed by atoms with van der Waals surface area (Å²) in [6.45, 7) is 1.97. The third-order valence-electron chi connectivity index (χ3n) is 4.66. The Labute approximate surface area is 139 Å². The molecular weight excluding hydrogens is 304 g/mol. The van der Waals surface area contributed by atoms with Crippen molar-refractivity contribution >= 4 is 17.0 Å². The molecule has 0 bridgehead atoms. The molecule has 1 saturated carbocycles. The van der Waals surface area contributed by atoms with E-state index in [1.807, 2.05) is 42.1 Å². The molecule has 24 heavy (non-hydrogen) atoms. The number of hydrogen-bond acceptors (Lipinski definition) is 5. The normalized spacial score (nSPS) is 19.9. The summed E-state index contributed by atoms with van der Waals surface area (Å²) in [5, 5.41) is 4.61. The number of methoxy groups -OCH3 is 1. The van der Waals surface area contributed by atoms with E-state index in [0.29, 0.717) is 0 Å². The van der Waals surface area contributed by atoms with Crippen molar-refractivity contribution in [3.05, 3.63) is 42.4 Å². The highest BCUT2D eigenvalue weighted by atomic mass is 16.5. The summed E-state index contributed by atoms with van der Waals surface area (Å²) in [7, 11) is 1.43. The van der Waals surface area contributed by atoms with Crippen LogP contribution in [0.5, 0.6) is 0 Å². The van der Waals surface area contributed by atoms with Crippen molar-refractivity contribution < 1.29 is 9.53 Å². The van der Waals surface area contributed by atoms with Gasteiger partial charge in [-0.15, -0.1) is 0 Å². The number of aryl methyl sites for hydroxylation is 1. The zero-order valence-corrected chi connectivity index (χ0v) is 13.6. The van der Waals surface area contributed by atoms with E-state index in [2.05, 4.69) is 15.1 Å². The Morgan fingerprint density at radius 1 is 1.25 bits per heavy atom. The number of hydrogen-bond donors (Lipinski definition) is 0. The van der Waals surface area contributed by atoms with Gasteiger partial charge < -0.3 is 4.74 Å². The Bertz CT molecular complexity index is 912. The Kier molecular flexibility index (Phi) is 3.52. The smallest absolute Gasteiger partial charge is 0.308 e. The predicted molar refractivity (Wildman–Crippen MR) is 89.3 cm³/mol. The maximum absolute atomic E-state index is 11.5. The Balaban J connectivity index is 1.60. The molecule has 0 unspecified atom stereocenters. The zero-order chi connectivity index (χ0) is 16.7. The molecule has 4 rings (SSSR count). The van der Waals surface area contributed by atoms with Crippen LogP contribution in [0.1, 0.15) is 24.6 Å². The van der Waals surface area contributed by atoms with Crippen molar-refractivity contribution in [3.8, 4) is 11.3 Å². The summed E-state index contributed by atoms with van der Waals surface area (Å²) in [6, 6.07) is 8.06. The van der Waals surface area contributed by atoms with Crippen LogP contribution in [0, 0.1) is 12.8 Å². The zero-order valence-electron chi connectivity index (χ0n) is 13.6. The van der Waals surface area contributed by atoms with Crippen LogP contribution >= 0.6 is 0 Å². The topological polar surface area (TPSA) is 69.9 Å². The van der Waals surface area contributed by atoms with Gasteiger partial charge >= 0.3 is 5.97 Å². The van der Waals surface area contributed by atoms with E-state index in [4.69, 9.17) is 4.74 Å². The molecule has 2 aromatic heterocycles. The number of para-hydroxylation sites is 2. The molecule has 0 atom stereocenters.